The molecule has 0 aliphatic rings. The number of nitrogens with zero attached hydrogens (tertiary/aromatic N) is 1. The Labute approximate surface area is 202 Å². The molecule has 0 saturated carbocycles. The molecule has 0 radical (unpaired) electrons. The number of carbonyl (C=O) groups is 1. The Hall–Kier alpha value is -3.33. The first-order valence-electron chi connectivity index (χ1n) is 10.3. The minimum absolute atomic E-state index is 0.0539. The summed E-state index contributed by atoms with van der Waals surface area (Å²) in [6.45, 7) is 0.605. The third-order valence-electron chi connectivity index (χ3n) is 4.76. The van der Waals surface area contributed by atoms with Crippen LogP contribution in [0.25, 0.3) is 6.08 Å². The van der Waals surface area contributed by atoms with Crippen molar-refractivity contribution >= 4 is 35.2 Å². The van der Waals surface area contributed by atoms with Crippen LogP contribution in [0.15, 0.2) is 72.3 Å². The molecule has 7 heteroatoms. The summed E-state index contributed by atoms with van der Waals surface area (Å²) in [7, 11) is 0. The number of hydrogen-bond acceptors (Lipinski definition) is 3. The van der Waals surface area contributed by atoms with E-state index < -0.39 is 5.91 Å². The van der Waals surface area contributed by atoms with Crippen molar-refractivity contribution < 1.29 is 13.9 Å². The molecule has 0 unspecified atom stereocenters. The van der Waals surface area contributed by atoms with E-state index >= 15 is 0 Å². The molecule has 1 amide bonds. The van der Waals surface area contributed by atoms with Crippen LogP contribution in [0.5, 0.6) is 5.75 Å². The Kier molecular flexibility index (Phi) is 8.88. The number of hydrogen-bond donors (Lipinski definition) is 1. The van der Waals surface area contributed by atoms with E-state index in [-0.39, 0.29) is 33.8 Å². The van der Waals surface area contributed by atoms with E-state index in [0.29, 0.717) is 12.1 Å². The summed E-state index contributed by atoms with van der Waals surface area (Å²) >= 11 is 12.6. The van der Waals surface area contributed by atoms with Crippen LogP contribution in [0, 0.1) is 17.1 Å². The van der Waals surface area contributed by atoms with Gasteiger partial charge in [0.15, 0.2) is 5.75 Å². The molecule has 0 aromatic heterocycles. The van der Waals surface area contributed by atoms with E-state index in [1.807, 2.05) is 36.4 Å². The molecule has 3 rings (SSSR count). The summed E-state index contributed by atoms with van der Waals surface area (Å²) in [6, 6.07) is 20.9. The zero-order chi connectivity index (χ0) is 23.6. The van der Waals surface area contributed by atoms with E-state index in [1.54, 1.807) is 24.3 Å². The molecule has 0 spiro atoms. The summed E-state index contributed by atoms with van der Waals surface area (Å²) < 4.78 is 18.7. The molecule has 0 heterocycles. The molecule has 0 fully saturated rings. The second-order valence-corrected chi connectivity index (χ2v) is 8.06. The first-order valence-corrected chi connectivity index (χ1v) is 11.0. The third kappa shape index (κ3) is 7.35. The Morgan fingerprint density at radius 1 is 1.03 bits per heavy atom. The minimum atomic E-state index is -0.463. The van der Waals surface area contributed by atoms with Crippen LogP contribution in [0.1, 0.15) is 23.1 Å². The van der Waals surface area contributed by atoms with Gasteiger partial charge in [0.2, 0.25) is 0 Å². The van der Waals surface area contributed by atoms with Gasteiger partial charge in [0.05, 0.1) is 10.0 Å². The SMILES string of the molecule is N#C/C(=C/c1cc(Cl)c(OCc2ccc(F)cc2)c(Cl)c1)C(=O)NCCCc1ccccc1. The molecular weight excluding hydrogens is 462 g/mol. The zero-order valence-corrected chi connectivity index (χ0v) is 19.2. The van der Waals surface area contributed by atoms with Crippen LogP contribution in [-0.4, -0.2) is 12.5 Å². The summed E-state index contributed by atoms with van der Waals surface area (Å²) in [5.74, 6) is -0.530. The first-order chi connectivity index (χ1) is 16.0. The van der Waals surface area contributed by atoms with Gasteiger partial charge in [0.1, 0.15) is 24.1 Å². The molecule has 0 saturated heterocycles. The molecular formula is C26H21Cl2FN2O2. The number of nitrogens with one attached hydrogen (secondary N) is 1. The summed E-state index contributed by atoms with van der Waals surface area (Å²) in [5, 5.41) is 12.6. The van der Waals surface area contributed by atoms with Crippen LogP contribution in [0.4, 0.5) is 4.39 Å². The van der Waals surface area contributed by atoms with Crippen molar-refractivity contribution in [2.75, 3.05) is 6.54 Å². The van der Waals surface area contributed by atoms with E-state index in [1.165, 1.54) is 23.8 Å². The molecule has 0 atom stereocenters. The van der Waals surface area contributed by atoms with Crippen LogP contribution >= 0.6 is 23.2 Å². The van der Waals surface area contributed by atoms with Crippen LogP contribution in [-0.2, 0) is 17.8 Å². The molecule has 0 bridgehead atoms. The Bertz CT molecular complexity index is 1150. The fraction of sp³-hybridized carbons (Fsp3) is 0.154. The van der Waals surface area contributed by atoms with Crippen molar-refractivity contribution in [2.24, 2.45) is 0 Å². The smallest absolute Gasteiger partial charge is 0.261 e. The summed E-state index contributed by atoms with van der Waals surface area (Å²) in [6.07, 6.45) is 3.01. The predicted molar refractivity (Wildman–Crippen MR) is 129 cm³/mol. The number of benzene rings is 3. The highest BCUT2D eigenvalue weighted by Crippen LogP contribution is 2.35. The number of rotatable bonds is 9. The zero-order valence-electron chi connectivity index (χ0n) is 17.7. The van der Waals surface area contributed by atoms with Gasteiger partial charge in [-0.05, 0) is 59.9 Å². The lowest BCUT2D eigenvalue weighted by atomic mass is 10.1. The summed E-state index contributed by atoms with van der Waals surface area (Å²) in [5.41, 5.74) is 2.38. The monoisotopic (exact) mass is 482 g/mol. The Balaban J connectivity index is 1.60. The Morgan fingerprint density at radius 3 is 2.33 bits per heavy atom. The van der Waals surface area contributed by atoms with Crippen molar-refractivity contribution in [3.05, 3.63) is 105 Å². The first kappa shape index (κ1) is 24.3. The van der Waals surface area contributed by atoms with Gasteiger partial charge in [0.25, 0.3) is 5.91 Å². The maximum Gasteiger partial charge on any atom is 0.261 e. The fourth-order valence-corrected chi connectivity index (χ4v) is 3.70. The molecule has 168 valence electrons. The summed E-state index contributed by atoms with van der Waals surface area (Å²) in [4.78, 5) is 12.4. The minimum Gasteiger partial charge on any atom is -0.486 e. The highest BCUT2D eigenvalue weighted by molar-refractivity contribution is 6.37. The van der Waals surface area contributed by atoms with Gasteiger partial charge in [-0.25, -0.2) is 4.39 Å². The Morgan fingerprint density at radius 2 is 1.70 bits per heavy atom. The lowest BCUT2D eigenvalue weighted by Gasteiger charge is -2.11. The molecule has 1 N–H and O–H groups in total. The molecule has 0 aliphatic carbocycles. The fourth-order valence-electron chi connectivity index (χ4n) is 3.09. The number of ether oxygens (including phenoxy) is 1. The average Bonchev–Trinajstić information content (AvgIpc) is 2.81. The largest absolute Gasteiger partial charge is 0.486 e. The van der Waals surface area contributed by atoms with Gasteiger partial charge in [0, 0.05) is 6.54 Å². The van der Waals surface area contributed by atoms with E-state index in [0.717, 1.165) is 18.4 Å². The van der Waals surface area contributed by atoms with Crippen molar-refractivity contribution in [1.29, 1.82) is 5.26 Å². The molecule has 3 aromatic carbocycles. The van der Waals surface area contributed by atoms with Gasteiger partial charge >= 0.3 is 0 Å². The third-order valence-corrected chi connectivity index (χ3v) is 5.33. The number of carbonyl (C=O) groups excluding carboxylic acids is 1. The maximum atomic E-state index is 13.0. The second-order valence-electron chi connectivity index (χ2n) is 7.24. The second kappa shape index (κ2) is 12.1. The van der Waals surface area contributed by atoms with Crippen molar-refractivity contribution in [2.45, 2.75) is 19.4 Å². The number of nitriles is 1. The maximum absolute atomic E-state index is 13.0. The van der Waals surface area contributed by atoms with Crippen molar-refractivity contribution in [3.8, 4) is 11.8 Å². The predicted octanol–water partition coefficient (Wildman–Crippen LogP) is 6.37. The molecule has 33 heavy (non-hydrogen) atoms. The topological polar surface area (TPSA) is 62.1 Å². The van der Waals surface area contributed by atoms with Crippen LogP contribution in [0.3, 0.4) is 0 Å². The van der Waals surface area contributed by atoms with Crippen LogP contribution in [0.2, 0.25) is 10.0 Å². The van der Waals surface area contributed by atoms with Gasteiger partial charge in [-0.1, -0.05) is 65.7 Å². The van der Waals surface area contributed by atoms with E-state index in [4.69, 9.17) is 27.9 Å². The molecule has 0 aliphatic heterocycles. The van der Waals surface area contributed by atoms with Crippen molar-refractivity contribution in [3.63, 3.8) is 0 Å². The van der Waals surface area contributed by atoms with Gasteiger partial charge in [-0.15, -0.1) is 0 Å². The van der Waals surface area contributed by atoms with E-state index in [9.17, 15) is 14.4 Å². The quantitative estimate of drug-likeness (QED) is 0.219. The normalized spacial score (nSPS) is 11.0. The molecule has 4 nitrogen and oxygen atoms in total. The van der Waals surface area contributed by atoms with Crippen molar-refractivity contribution in [1.82, 2.24) is 5.32 Å². The van der Waals surface area contributed by atoms with E-state index in [2.05, 4.69) is 5.32 Å². The number of amides is 1. The van der Waals surface area contributed by atoms with Gasteiger partial charge < -0.3 is 10.1 Å². The highest BCUT2D eigenvalue weighted by Gasteiger charge is 2.13. The number of aryl methyl sites for hydroxylation is 1. The number of halogens is 3. The molecule has 3 aromatic rings. The van der Waals surface area contributed by atoms with Gasteiger partial charge in [-0.2, -0.15) is 5.26 Å². The average molecular weight is 483 g/mol. The lowest BCUT2D eigenvalue weighted by molar-refractivity contribution is -0.117. The lowest BCUT2D eigenvalue weighted by Crippen LogP contribution is -2.25. The van der Waals surface area contributed by atoms with Crippen LogP contribution < -0.4 is 10.1 Å². The standard InChI is InChI=1S/C26H21Cl2FN2O2/c27-23-14-20(15-24(28)25(23)33-17-19-8-10-22(29)11-9-19)13-21(16-30)26(32)31-12-4-7-18-5-2-1-3-6-18/h1-3,5-6,8-11,13-15H,4,7,12,17H2,(H,31,32)/b21-13-. The highest BCUT2D eigenvalue weighted by atomic mass is 35.5. The van der Waals surface area contributed by atoms with Gasteiger partial charge in [-0.3, -0.25) is 4.79 Å².